The highest BCUT2D eigenvalue weighted by atomic mass is 79.9. The van der Waals surface area contributed by atoms with Gasteiger partial charge in [0.15, 0.2) is 0 Å². The van der Waals surface area contributed by atoms with E-state index < -0.39 is 6.10 Å². The second kappa shape index (κ2) is 7.27. The third-order valence-corrected chi connectivity index (χ3v) is 5.15. The van der Waals surface area contributed by atoms with Gasteiger partial charge in [0, 0.05) is 28.0 Å². The molecule has 0 aliphatic carbocycles. The number of rotatable bonds is 5. The van der Waals surface area contributed by atoms with Crippen LogP contribution >= 0.6 is 43.5 Å². The zero-order chi connectivity index (χ0) is 15.6. The third-order valence-electron chi connectivity index (χ3n) is 3.40. The summed E-state index contributed by atoms with van der Waals surface area (Å²) in [7, 11) is 0. The highest BCUT2D eigenvalue weighted by Crippen LogP contribution is 2.31. The molecule has 1 unspecified atom stereocenters. The molecule has 0 radical (unpaired) electrons. The summed E-state index contributed by atoms with van der Waals surface area (Å²) in [5, 5.41) is 15.7. The lowest BCUT2D eigenvalue weighted by atomic mass is 10.0. The van der Waals surface area contributed by atoms with Gasteiger partial charge in [-0.3, -0.25) is 4.68 Å². The van der Waals surface area contributed by atoms with E-state index in [9.17, 15) is 5.11 Å². The van der Waals surface area contributed by atoms with Crippen LogP contribution in [0.3, 0.4) is 0 Å². The zero-order valence-electron chi connectivity index (χ0n) is 11.9. The number of aryl methyl sites for hydroxylation is 2. The molecule has 0 aliphatic heterocycles. The van der Waals surface area contributed by atoms with Crippen LogP contribution in [0.1, 0.15) is 36.9 Å². The Morgan fingerprint density at radius 1 is 1.33 bits per heavy atom. The standard InChI is InChI=1S/C15H17Br2ClN2O/c1-3-12-15(17)13(20(4-2)19-12)8-14(21)10-7-9(16)5-6-11(10)18/h5-7,14,21H,3-4,8H2,1-2H3. The molecule has 21 heavy (non-hydrogen) atoms. The number of hydrogen-bond acceptors (Lipinski definition) is 2. The summed E-state index contributed by atoms with van der Waals surface area (Å²) in [4.78, 5) is 0. The van der Waals surface area contributed by atoms with Crippen LogP contribution in [-0.4, -0.2) is 14.9 Å². The maximum absolute atomic E-state index is 10.5. The molecule has 0 aliphatic rings. The van der Waals surface area contributed by atoms with Crippen molar-refractivity contribution >= 4 is 43.5 Å². The minimum absolute atomic E-state index is 0.470. The summed E-state index contributed by atoms with van der Waals surface area (Å²) < 4.78 is 3.81. The molecule has 0 bridgehead atoms. The van der Waals surface area contributed by atoms with Crippen molar-refractivity contribution in [2.24, 2.45) is 0 Å². The summed E-state index contributed by atoms with van der Waals surface area (Å²) in [5.74, 6) is 0. The second-order valence-electron chi connectivity index (χ2n) is 4.76. The van der Waals surface area contributed by atoms with E-state index >= 15 is 0 Å². The Morgan fingerprint density at radius 2 is 2.05 bits per heavy atom. The molecule has 6 heteroatoms. The van der Waals surface area contributed by atoms with E-state index in [1.165, 1.54) is 0 Å². The predicted molar refractivity (Wildman–Crippen MR) is 92.8 cm³/mol. The molecule has 1 atom stereocenters. The van der Waals surface area contributed by atoms with Gasteiger partial charge >= 0.3 is 0 Å². The number of nitrogens with zero attached hydrogens (tertiary/aromatic N) is 2. The molecule has 1 aromatic heterocycles. The Hall–Kier alpha value is -0.360. The quantitative estimate of drug-likeness (QED) is 0.723. The Morgan fingerprint density at radius 3 is 2.67 bits per heavy atom. The number of halogens is 3. The number of hydrogen-bond donors (Lipinski definition) is 1. The van der Waals surface area contributed by atoms with Gasteiger partial charge in [-0.15, -0.1) is 0 Å². The van der Waals surface area contributed by atoms with Crippen LogP contribution < -0.4 is 0 Å². The first-order chi connectivity index (χ1) is 9.97. The Labute approximate surface area is 146 Å². The van der Waals surface area contributed by atoms with Crippen molar-refractivity contribution in [3.8, 4) is 0 Å². The van der Waals surface area contributed by atoms with Crippen molar-refractivity contribution in [2.45, 2.75) is 39.3 Å². The first-order valence-electron chi connectivity index (χ1n) is 6.84. The van der Waals surface area contributed by atoms with Crippen LogP contribution in [0.15, 0.2) is 27.1 Å². The van der Waals surface area contributed by atoms with E-state index in [-0.39, 0.29) is 0 Å². The van der Waals surface area contributed by atoms with Crippen molar-refractivity contribution in [3.63, 3.8) is 0 Å². The van der Waals surface area contributed by atoms with Gasteiger partial charge in [0.05, 0.1) is 22.0 Å². The molecule has 3 nitrogen and oxygen atoms in total. The fourth-order valence-corrected chi connectivity index (χ4v) is 3.62. The van der Waals surface area contributed by atoms with Crippen molar-refractivity contribution in [3.05, 3.63) is 49.1 Å². The summed E-state index contributed by atoms with van der Waals surface area (Å²) in [5.41, 5.74) is 2.73. The largest absolute Gasteiger partial charge is 0.388 e. The molecule has 114 valence electrons. The number of aliphatic hydroxyl groups is 1. The van der Waals surface area contributed by atoms with E-state index in [1.807, 2.05) is 23.7 Å². The molecule has 1 heterocycles. The lowest BCUT2D eigenvalue weighted by Crippen LogP contribution is -2.09. The minimum atomic E-state index is -0.669. The molecular weight excluding hydrogens is 419 g/mol. The number of aliphatic hydroxyl groups excluding tert-OH is 1. The van der Waals surface area contributed by atoms with Crippen LogP contribution in [0.25, 0.3) is 0 Å². The highest BCUT2D eigenvalue weighted by Gasteiger charge is 2.20. The highest BCUT2D eigenvalue weighted by molar-refractivity contribution is 9.10. The Bertz CT molecular complexity index is 643. The van der Waals surface area contributed by atoms with Crippen molar-refractivity contribution in [1.82, 2.24) is 9.78 Å². The molecule has 1 aromatic carbocycles. The topological polar surface area (TPSA) is 38.0 Å². The van der Waals surface area contributed by atoms with Crippen LogP contribution in [0.5, 0.6) is 0 Å². The average molecular weight is 437 g/mol. The summed E-state index contributed by atoms with van der Waals surface area (Å²) >= 11 is 13.2. The molecular formula is C15H17Br2ClN2O. The molecule has 0 saturated heterocycles. The number of benzene rings is 1. The van der Waals surface area contributed by atoms with E-state index in [4.69, 9.17) is 11.6 Å². The lowest BCUT2D eigenvalue weighted by Gasteiger charge is -2.14. The van der Waals surface area contributed by atoms with Gasteiger partial charge in [0.25, 0.3) is 0 Å². The van der Waals surface area contributed by atoms with Gasteiger partial charge in [-0.2, -0.15) is 5.10 Å². The molecule has 1 N–H and O–H groups in total. The van der Waals surface area contributed by atoms with E-state index in [0.29, 0.717) is 11.4 Å². The maximum atomic E-state index is 10.5. The zero-order valence-corrected chi connectivity index (χ0v) is 15.8. The first-order valence-corrected chi connectivity index (χ1v) is 8.81. The fourth-order valence-electron chi connectivity index (χ4n) is 2.28. The Balaban J connectivity index is 2.33. The average Bonchev–Trinajstić information content (AvgIpc) is 2.77. The van der Waals surface area contributed by atoms with Crippen molar-refractivity contribution in [1.29, 1.82) is 0 Å². The van der Waals surface area contributed by atoms with E-state index in [1.54, 1.807) is 6.07 Å². The van der Waals surface area contributed by atoms with Crippen LogP contribution in [-0.2, 0) is 19.4 Å². The predicted octanol–water partition coefficient (Wildman–Crippen LogP) is 4.92. The monoisotopic (exact) mass is 434 g/mol. The van der Waals surface area contributed by atoms with Gasteiger partial charge in [-0.1, -0.05) is 34.5 Å². The molecule has 0 saturated carbocycles. The molecule has 2 rings (SSSR count). The smallest absolute Gasteiger partial charge is 0.0860 e. The van der Waals surface area contributed by atoms with E-state index in [0.717, 1.165) is 38.9 Å². The molecule has 0 amide bonds. The molecule has 0 fully saturated rings. The van der Waals surface area contributed by atoms with Gasteiger partial charge < -0.3 is 5.11 Å². The lowest BCUT2D eigenvalue weighted by molar-refractivity contribution is 0.175. The van der Waals surface area contributed by atoms with E-state index in [2.05, 4.69) is 43.9 Å². The summed E-state index contributed by atoms with van der Waals surface area (Å²) in [6.07, 6.45) is 0.657. The fraction of sp³-hybridized carbons (Fsp3) is 0.400. The first kappa shape index (κ1) is 17.0. The van der Waals surface area contributed by atoms with Crippen molar-refractivity contribution in [2.75, 3.05) is 0 Å². The van der Waals surface area contributed by atoms with Crippen LogP contribution in [0, 0.1) is 0 Å². The molecule has 2 aromatic rings. The Kier molecular flexibility index (Phi) is 5.88. The number of aromatic nitrogens is 2. The van der Waals surface area contributed by atoms with Crippen molar-refractivity contribution < 1.29 is 5.11 Å². The van der Waals surface area contributed by atoms with Crippen LogP contribution in [0.4, 0.5) is 0 Å². The normalized spacial score (nSPS) is 12.7. The van der Waals surface area contributed by atoms with Gasteiger partial charge in [0.2, 0.25) is 0 Å². The van der Waals surface area contributed by atoms with Gasteiger partial charge in [-0.25, -0.2) is 0 Å². The summed E-state index contributed by atoms with van der Waals surface area (Å²) in [6, 6.07) is 5.50. The van der Waals surface area contributed by atoms with Gasteiger partial charge in [0.1, 0.15) is 0 Å². The molecule has 0 spiro atoms. The third kappa shape index (κ3) is 3.70. The second-order valence-corrected chi connectivity index (χ2v) is 6.88. The van der Waals surface area contributed by atoms with Gasteiger partial charge in [-0.05, 0) is 47.5 Å². The van der Waals surface area contributed by atoms with Crippen LogP contribution in [0.2, 0.25) is 5.02 Å². The SMILES string of the molecule is CCc1nn(CC)c(CC(O)c2cc(Br)ccc2Cl)c1Br. The maximum Gasteiger partial charge on any atom is 0.0860 e. The summed E-state index contributed by atoms with van der Waals surface area (Å²) in [6.45, 7) is 4.88. The minimum Gasteiger partial charge on any atom is -0.388 e.